The van der Waals surface area contributed by atoms with Gasteiger partial charge < -0.3 is 4.74 Å². The second-order valence-electron chi connectivity index (χ2n) is 8.84. The number of rotatable bonds is 6. The number of esters is 1. The Kier molecular flexibility index (Phi) is 6.68. The lowest BCUT2D eigenvalue weighted by atomic mass is 9.90. The number of nitro groups is 1. The van der Waals surface area contributed by atoms with Gasteiger partial charge in [0.1, 0.15) is 10.9 Å². The molecule has 10 nitrogen and oxygen atoms in total. The molecule has 5 rings (SSSR count). The molecule has 12 heteroatoms. The molecule has 0 radical (unpaired) electrons. The number of nitro benzene ring substituents is 1. The number of hydrogen-bond acceptors (Lipinski definition) is 9. The predicted octanol–water partition coefficient (Wildman–Crippen LogP) is 5.15. The molecule has 2 saturated heterocycles. The number of ether oxygens (including phenoxy) is 1. The van der Waals surface area contributed by atoms with Gasteiger partial charge in [0.15, 0.2) is 6.10 Å². The summed E-state index contributed by atoms with van der Waals surface area (Å²) in [5.74, 6) is -2.73. The number of hydroxylamine groups is 1. The van der Waals surface area contributed by atoms with Crippen LogP contribution in [-0.4, -0.2) is 35.4 Å². The average Bonchev–Trinajstić information content (AvgIpc) is 3.50. The first-order chi connectivity index (χ1) is 18.1. The maximum Gasteiger partial charge on any atom is 0.341 e. The number of amides is 2. The molecule has 0 spiro atoms. The lowest BCUT2D eigenvalue weighted by molar-refractivity contribution is -0.384. The Morgan fingerprint density at radius 1 is 1.11 bits per heavy atom. The largest absolute Gasteiger partial charge is 0.462 e. The second kappa shape index (κ2) is 9.82. The molecule has 2 amide bonds. The number of anilines is 2. The van der Waals surface area contributed by atoms with Crippen molar-refractivity contribution in [3.05, 3.63) is 85.2 Å². The van der Waals surface area contributed by atoms with E-state index in [1.807, 2.05) is 0 Å². The molecule has 3 heterocycles. The molecular formula is C26H22ClN3O7S. The van der Waals surface area contributed by atoms with Crippen LogP contribution in [0.15, 0.2) is 48.5 Å². The first kappa shape index (κ1) is 25.8. The maximum absolute atomic E-state index is 14.0. The minimum atomic E-state index is -1.17. The second-order valence-corrected chi connectivity index (χ2v) is 10.5. The summed E-state index contributed by atoms with van der Waals surface area (Å²) in [6.45, 7) is 5.36. The summed E-state index contributed by atoms with van der Waals surface area (Å²) in [6, 6.07) is 11.7. The fourth-order valence-electron chi connectivity index (χ4n) is 4.77. The fourth-order valence-corrected chi connectivity index (χ4v) is 6.05. The number of benzene rings is 2. The summed E-state index contributed by atoms with van der Waals surface area (Å²) in [6.07, 6.45) is -1.17. The Balaban J connectivity index is 1.59. The molecule has 0 N–H and O–H groups in total. The van der Waals surface area contributed by atoms with E-state index in [1.165, 1.54) is 17.2 Å². The van der Waals surface area contributed by atoms with Crippen LogP contribution >= 0.6 is 22.9 Å². The number of thiophene rings is 1. The van der Waals surface area contributed by atoms with E-state index in [0.29, 0.717) is 21.8 Å². The van der Waals surface area contributed by atoms with Gasteiger partial charge in [0.2, 0.25) is 5.91 Å². The molecule has 2 aromatic carbocycles. The summed E-state index contributed by atoms with van der Waals surface area (Å²) in [7, 11) is 0. The van der Waals surface area contributed by atoms with Crippen LogP contribution < -0.4 is 9.96 Å². The Morgan fingerprint density at radius 3 is 2.37 bits per heavy atom. The Morgan fingerprint density at radius 2 is 1.76 bits per heavy atom. The predicted molar refractivity (Wildman–Crippen MR) is 140 cm³/mol. The van der Waals surface area contributed by atoms with Crippen LogP contribution in [0, 0.1) is 29.9 Å². The number of fused-ring (bicyclic) bond motifs is 1. The molecule has 2 fully saturated rings. The highest BCUT2D eigenvalue weighted by Gasteiger charge is 2.61. The van der Waals surface area contributed by atoms with Gasteiger partial charge in [0, 0.05) is 22.0 Å². The molecule has 38 heavy (non-hydrogen) atoms. The van der Waals surface area contributed by atoms with Gasteiger partial charge in [0.25, 0.3) is 11.6 Å². The minimum Gasteiger partial charge on any atom is -0.462 e. The van der Waals surface area contributed by atoms with E-state index in [4.69, 9.17) is 21.2 Å². The van der Waals surface area contributed by atoms with Crippen LogP contribution in [0.3, 0.4) is 0 Å². The van der Waals surface area contributed by atoms with Crippen molar-refractivity contribution in [2.24, 2.45) is 5.92 Å². The molecule has 2 aliphatic heterocycles. The Bertz CT molecular complexity index is 1450. The first-order valence-electron chi connectivity index (χ1n) is 11.7. The normalized spacial score (nSPS) is 20.7. The van der Waals surface area contributed by atoms with Gasteiger partial charge in [-0.2, -0.15) is 0 Å². The summed E-state index contributed by atoms with van der Waals surface area (Å²) >= 11 is 7.21. The molecule has 1 aromatic heterocycles. The molecule has 0 bridgehead atoms. The van der Waals surface area contributed by atoms with Gasteiger partial charge in [-0.05, 0) is 56.2 Å². The third kappa shape index (κ3) is 4.12. The van der Waals surface area contributed by atoms with Crippen LogP contribution in [0.5, 0.6) is 0 Å². The van der Waals surface area contributed by atoms with Crippen LogP contribution in [0.1, 0.15) is 39.3 Å². The van der Waals surface area contributed by atoms with Crippen molar-refractivity contribution >= 4 is 57.1 Å². The Labute approximate surface area is 226 Å². The maximum atomic E-state index is 14.0. The zero-order valence-corrected chi connectivity index (χ0v) is 22.1. The molecule has 0 saturated carbocycles. The topological polar surface area (TPSA) is 119 Å². The quantitative estimate of drug-likeness (QED) is 0.177. The third-order valence-corrected chi connectivity index (χ3v) is 8.14. The van der Waals surface area contributed by atoms with E-state index < -0.39 is 40.8 Å². The van der Waals surface area contributed by atoms with E-state index in [0.717, 1.165) is 21.1 Å². The average molecular weight is 556 g/mol. The van der Waals surface area contributed by atoms with E-state index in [1.54, 1.807) is 57.2 Å². The molecule has 3 atom stereocenters. The molecule has 0 aliphatic carbocycles. The van der Waals surface area contributed by atoms with Gasteiger partial charge in [-0.25, -0.2) is 14.8 Å². The van der Waals surface area contributed by atoms with Crippen molar-refractivity contribution in [2.45, 2.75) is 32.9 Å². The zero-order chi connectivity index (χ0) is 27.3. The van der Waals surface area contributed by atoms with Gasteiger partial charge in [-0.15, -0.1) is 11.3 Å². The van der Waals surface area contributed by atoms with Gasteiger partial charge in [0.05, 0.1) is 28.8 Å². The van der Waals surface area contributed by atoms with E-state index in [2.05, 4.69) is 0 Å². The highest BCUT2D eigenvalue weighted by molar-refractivity contribution is 7.17. The van der Waals surface area contributed by atoms with E-state index >= 15 is 0 Å². The number of non-ortho nitro benzene ring substituents is 1. The minimum absolute atomic E-state index is 0.110. The Hall–Kier alpha value is -3.80. The number of carbonyl (C=O) groups is 3. The van der Waals surface area contributed by atoms with Crippen molar-refractivity contribution in [3.63, 3.8) is 0 Å². The number of aryl methyl sites for hydroxylation is 1. The lowest BCUT2D eigenvalue weighted by Crippen LogP contribution is -2.37. The van der Waals surface area contributed by atoms with Gasteiger partial charge in [-0.3, -0.25) is 24.5 Å². The van der Waals surface area contributed by atoms with Crippen molar-refractivity contribution in [1.82, 2.24) is 0 Å². The summed E-state index contributed by atoms with van der Waals surface area (Å²) in [5.41, 5.74) is 1.80. The van der Waals surface area contributed by atoms with Crippen molar-refractivity contribution in [2.75, 3.05) is 16.6 Å². The lowest BCUT2D eigenvalue weighted by Gasteiger charge is -2.28. The number of hydrogen-bond donors (Lipinski definition) is 0. The van der Waals surface area contributed by atoms with Crippen molar-refractivity contribution < 1.29 is 28.9 Å². The van der Waals surface area contributed by atoms with Crippen molar-refractivity contribution in [1.29, 1.82) is 0 Å². The van der Waals surface area contributed by atoms with Crippen LogP contribution in [0.2, 0.25) is 5.02 Å². The smallest absolute Gasteiger partial charge is 0.341 e. The molecule has 0 unspecified atom stereocenters. The monoisotopic (exact) mass is 555 g/mol. The summed E-state index contributed by atoms with van der Waals surface area (Å²) in [5, 5.41) is 13.4. The number of carbonyl (C=O) groups excluding carboxylic acids is 3. The summed E-state index contributed by atoms with van der Waals surface area (Å²) < 4.78 is 5.21. The van der Waals surface area contributed by atoms with E-state index in [-0.39, 0.29) is 22.9 Å². The number of halogens is 1. The summed E-state index contributed by atoms with van der Waals surface area (Å²) in [4.78, 5) is 59.0. The fraction of sp³-hybridized carbons (Fsp3) is 0.269. The highest BCUT2D eigenvalue weighted by Crippen LogP contribution is 2.49. The highest BCUT2D eigenvalue weighted by atomic mass is 35.5. The first-order valence-corrected chi connectivity index (χ1v) is 12.9. The molecular weight excluding hydrogens is 534 g/mol. The SMILES string of the molecule is CCOC(=O)c1c(N2C(=O)[C@H]3[C@@H](ON(c4ccc(Cl)cc4)[C@H]3c3ccc([N+](=O)[O-])cc3)C2=O)sc(C)c1C. The number of imide groups is 1. The van der Waals surface area contributed by atoms with Gasteiger partial charge >= 0.3 is 5.97 Å². The van der Waals surface area contributed by atoms with Crippen molar-refractivity contribution in [3.8, 4) is 0 Å². The number of nitrogens with zero attached hydrogens (tertiary/aromatic N) is 3. The van der Waals surface area contributed by atoms with E-state index in [9.17, 15) is 24.5 Å². The van der Waals surface area contributed by atoms with Crippen LogP contribution in [0.4, 0.5) is 16.4 Å². The molecule has 196 valence electrons. The van der Waals surface area contributed by atoms with Crippen LogP contribution in [0.25, 0.3) is 0 Å². The zero-order valence-electron chi connectivity index (χ0n) is 20.5. The van der Waals surface area contributed by atoms with Crippen LogP contribution in [-0.2, 0) is 19.2 Å². The molecule has 2 aliphatic rings. The standard InChI is InChI=1S/C26H22ClN3O7S/c1-4-36-26(33)19-13(2)14(3)38-25(19)28-23(31)20-21(15-5-9-18(10-6-15)30(34)35)29(37-22(20)24(28)32)17-11-7-16(27)8-12-17/h5-12,20-22H,4H2,1-3H3/t20-,21+,22-/m1/s1. The molecule has 3 aromatic rings. The van der Waals surface area contributed by atoms with Gasteiger partial charge in [-0.1, -0.05) is 23.7 Å². The third-order valence-electron chi connectivity index (χ3n) is 6.69.